The van der Waals surface area contributed by atoms with Crippen molar-refractivity contribution in [2.45, 2.75) is 114 Å². The van der Waals surface area contributed by atoms with Crippen LogP contribution in [-0.2, 0) is 19.1 Å². The summed E-state index contributed by atoms with van der Waals surface area (Å²) >= 11 is 0. The number of carbonyl (C=O) groups excluding carboxylic acids is 1. The molecule has 10 heteroatoms. The summed E-state index contributed by atoms with van der Waals surface area (Å²) in [4.78, 5) is 17.6. The van der Waals surface area contributed by atoms with Crippen molar-refractivity contribution in [3.63, 3.8) is 0 Å². The molecule has 4 unspecified atom stereocenters. The smallest absolute Gasteiger partial charge is 0.331 e. The second kappa shape index (κ2) is 10.3. The number of fused-ring (bicyclic) bond motifs is 5. The molecule has 0 radical (unpaired) electrons. The van der Waals surface area contributed by atoms with Crippen LogP contribution >= 0.6 is 0 Å². The van der Waals surface area contributed by atoms with Crippen LogP contribution < -0.4 is 0 Å². The van der Waals surface area contributed by atoms with Crippen molar-refractivity contribution in [3.8, 4) is 0 Å². The summed E-state index contributed by atoms with van der Waals surface area (Å²) in [6.07, 6.45) is 3.63. The predicted octanol–water partition coefficient (Wildman–Crippen LogP) is 1.28. The van der Waals surface area contributed by atoms with Gasteiger partial charge in [0, 0.05) is 17.5 Å². The molecule has 2 heterocycles. The van der Waals surface area contributed by atoms with Gasteiger partial charge < -0.3 is 35.0 Å². The zero-order chi connectivity index (χ0) is 28.6. The van der Waals surface area contributed by atoms with Gasteiger partial charge in [-0.2, -0.15) is 5.06 Å². The predicted molar refractivity (Wildman–Crippen MR) is 142 cm³/mol. The number of aliphatic hydroxyl groups is 5. The van der Waals surface area contributed by atoms with Crippen LogP contribution in [0.5, 0.6) is 0 Å². The Hall–Kier alpha value is -1.11. The molecule has 0 aromatic carbocycles. The first kappa shape index (κ1) is 29.0. The maximum absolute atomic E-state index is 12.4. The van der Waals surface area contributed by atoms with E-state index in [0.29, 0.717) is 18.4 Å². The van der Waals surface area contributed by atoms with E-state index in [0.717, 1.165) is 63.4 Å². The molecule has 0 aromatic rings. The van der Waals surface area contributed by atoms with Gasteiger partial charge in [-0.3, -0.25) is 4.84 Å². The fourth-order valence-electron chi connectivity index (χ4n) is 10.4. The van der Waals surface area contributed by atoms with E-state index >= 15 is 0 Å². The molecule has 13 atom stereocenters. The lowest BCUT2D eigenvalue weighted by Gasteiger charge is -2.64. The summed E-state index contributed by atoms with van der Waals surface area (Å²) in [5.74, 6) is 0.949. The number of nitrogens with zero attached hydrogens (tertiary/aromatic N) is 1. The monoisotopic (exact) mass is 565 g/mol. The van der Waals surface area contributed by atoms with Gasteiger partial charge in [0.2, 0.25) is 0 Å². The number of hydroxylamine groups is 2. The number of carbonyl (C=O) groups is 1. The fraction of sp³-hybridized carbons (Fsp3) is 0.900. The molecule has 2 aliphatic heterocycles. The maximum atomic E-state index is 12.4. The second-order valence-corrected chi connectivity index (χ2v) is 14.0. The van der Waals surface area contributed by atoms with Gasteiger partial charge in [0.25, 0.3) is 0 Å². The SMILES string of the molecule is CON(C1O[C@@H](CO)[C@@H](O)[C@@H](O)[C@H]1O)[C@H]1CC[C@@]2(C)C(CCC3C2CC[C@]2(C)[C@@H](C4=CC(=O)OC4)CC[C@]32O)C1. The van der Waals surface area contributed by atoms with Gasteiger partial charge in [-0.15, -0.1) is 0 Å². The molecule has 226 valence electrons. The third kappa shape index (κ3) is 4.08. The molecular weight excluding hydrogens is 518 g/mol. The molecule has 40 heavy (non-hydrogen) atoms. The third-order valence-corrected chi connectivity index (χ3v) is 12.6. The van der Waals surface area contributed by atoms with Crippen LogP contribution in [0.4, 0.5) is 0 Å². The molecule has 10 nitrogen and oxygen atoms in total. The second-order valence-electron chi connectivity index (χ2n) is 14.0. The highest BCUT2D eigenvalue weighted by Gasteiger charge is 2.68. The van der Waals surface area contributed by atoms with Gasteiger partial charge in [-0.1, -0.05) is 13.8 Å². The van der Waals surface area contributed by atoms with Crippen molar-refractivity contribution in [1.29, 1.82) is 0 Å². The highest BCUT2D eigenvalue weighted by Crippen LogP contribution is 2.70. The molecule has 6 rings (SSSR count). The van der Waals surface area contributed by atoms with E-state index in [1.807, 2.05) is 0 Å². The maximum Gasteiger partial charge on any atom is 0.331 e. The summed E-state index contributed by atoms with van der Waals surface area (Å²) < 4.78 is 11.1. The van der Waals surface area contributed by atoms with E-state index in [-0.39, 0.29) is 34.7 Å². The van der Waals surface area contributed by atoms with Gasteiger partial charge in [0.15, 0.2) is 6.23 Å². The van der Waals surface area contributed by atoms with E-state index in [9.17, 15) is 30.3 Å². The summed E-state index contributed by atoms with van der Waals surface area (Å²) in [5, 5.41) is 55.1. The quantitative estimate of drug-likeness (QED) is 0.244. The number of hydrogen-bond donors (Lipinski definition) is 5. The van der Waals surface area contributed by atoms with Crippen LogP contribution in [0.1, 0.15) is 71.6 Å². The molecule has 0 amide bonds. The van der Waals surface area contributed by atoms with Crippen LogP contribution in [0, 0.1) is 34.5 Å². The van der Waals surface area contributed by atoms with Crippen LogP contribution in [0.3, 0.4) is 0 Å². The third-order valence-electron chi connectivity index (χ3n) is 12.6. The van der Waals surface area contributed by atoms with Crippen molar-refractivity contribution in [1.82, 2.24) is 5.06 Å². The largest absolute Gasteiger partial charge is 0.458 e. The van der Waals surface area contributed by atoms with Crippen molar-refractivity contribution in [2.24, 2.45) is 34.5 Å². The standard InChI is InChI=1S/C30H47NO9/c1-28-9-6-18(31(38-3)27-26(36)25(35)24(34)22(14-32)40-27)13-17(28)4-5-21-20(28)7-10-29(2)19(8-11-30(21,29)37)16-12-23(33)39-15-16/h12,17-22,24-27,32,34-37H,4-11,13-15H2,1-3H3/t17?,18-,19+,20?,21?,22-,24+,25+,26+,27?,28-,29+,30-/m0/s1. The lowest BCUT2D eigenvalue weighted by atomic mass is 9.43. The molecule has 4 aliphatic carbocycles. The van der Waals surface area contributed by atoms with Gasteiger partial charge in [-0.25, -0.2) is 4.79 Å². The first-order chi connectivity index (χ1) is 19.0. The van der Waals surface area contributed by atoms with Crippen molar-refractivity contribution in [2.75, 3.05) is 20.3 Å². The number of esters is 1. The minimum absolute atomic E-state index is 0.0549. The Morgan fingerprint density at radius 2 is 1.77 bits per heavy atom. The summed E-state index contributed by atoms with van der Waals surface area (Å²) in [6, 6.07) is -0.0549. The lowest BCUT2D eigenvalue weighted by molar-refractivity contribution is -0.344. The Morgan fingerprint density at radius 1 is 1.00 bits per heavy atom. The highest BCUT2D eigenvalue weighted by atomic mass is 16.7. The molecule has 1 saturated heterocycles. The number of hydrogen-bond acceptors (Lipinski definition) is 10. The summed E-state index contributed by atoms with van der Waals surface area (Å²) in [6.45, 7) is 4.53. The number of aliphatic hydroxyl groups excluding tert-OH is 4. The topological polar surface area (TPSA) is 149 Å². The van der Waals surface area contributed by atoms with Crippen molar-refractivity contribution >= 4 is 5.97 Å². The molecule has 0 spiro atoms. The van der Waals surface area contributed by atoms with Crippen LogP contribution in [0.15, 0.2) is 11.6 Å². The molecular formula is C30H47NO9. The first-order valence-electron chi connectivity index (χ1n) is 15.2. The van der Waals surface area contributed by atoms with Gasteiger partial charge in [0.1, 0.15) is 31.0 Å². The molecule has 0 aromatic heterocycles. The van der Waals surface area contributed by atoms with Crippen LogP contribution in [0.25, 0.3) is 0 Å². The van der Waals surface area contributed by atoms with Crippen molar-refractivity contribution in [3.05, 3.63) is 11.6 Å². The lowest BCUT2D eigenvalue weighted by Crippen LogP contribution is -2.66. The molecule has 5 N–H and O–H groups in total. The number of ether oxygens (including phenoxy) is 2. The van der Waals surface area contributed by atoms with Gasteiger partial charge in [0.05, 0.1) is 19.3 Å². The zero-order valence-electron chi connectivity index (χ0n) is 23.9. The highest BCUT2D eigenvalue weighted by molar-refractivity contribution is 5.85. The van der Waals surface area contributed by atoms with E-state index in [4.69, 9.17) is 14.3 Å². The van der Waals surface area contributed by atoms with Gasteiger partial charge in [-0.05, 0) is 92.4 Å². The Labute approximate surface area is 236 Å². The van der Waals surface area contributed by atoms with E-state index in [1.165, 1.54) is 7.11 Å². The summed E-state index contributed by atoms with van der Waals surface area (Å²) in [7, 11) is 1.53. The molecule has 4 saturated carbocycles. The summed E-state index contributed by atoms with van der Waals surface area (Å²) in [5.41, 5.74) is 0.0988. The van der Waals surface area contributed by atoms with E-state index < -0.39 is 42.9 Å². The molecule has 6 aliphatic rings. The van der Waals surface area contributed by atoms with Crippen molar-refractivity contribution < 1.29 is 44.6 Å². The van der Waals surface area contributed by atoms with Crippen LogP contribution in [-0.4, -0.2) is 99.2 Å². The number of rotatable bonds is 5. The zero-order valence-corrected chi connectivity index (χ0v) is 23.9. The Balaban J connectivity index is 1.19. The van der Waals surface area contributed by atoms with Crippen LogP contribution in [0.2, 0.25) is 0 Å². The average Bonchev–Trinajstić information content (AvgIpc) is 3.48. The Morgan fingerprint density at radius 3 is 2.45 bits per heavy atom. The molecule has 0 bridgehead atoms. The average molecular weight is 566 g/mol. The number of cyclic esters (lactones) is 1. The minimum Gasteiger partial charge on any atom is -0.458 e. The fourth-order valence-corrected chi connectivity index (χ4v) is 10.4. The minimum atomic E-state index is -1.45. The first-order valence-corrected chi connectivity index (χ1v) is 15.2. The van der Waals surface area contributed by atoms with Gasteiger partial charge >= 0.3 is 5.97 Å². The Bertz CT molecular complexity index is 1020. The Kier molecular flexibility index (Phi) is 7.43. The van der Waals surface area contributed by atoms with E-state index in [1.54, 1.807) is 11.1 Å². The van der Waals surface area contributed by atoms with E-state index in [2.05, 4.69) is 13.8 Å². The molecule has 5 fully saturated rings. The normalized spacial score (nSPS) is 52.5.